The van der Waals surface area contributed by atoms with Crippen LogP contribution in [0.2, 0.25) is 0 Å². The van der Waals surface area contributed by atoms with E-state index in [1.54, 1.807) is 24.1 Å². The fourth-order valence-electron chi connectivity index (χ4n) is 5.73. The number of amides is 2. The number of nitrogens with zero attached hydrogens (tertiary/aromatic N) is 7. The van der Waals surface area contributed by atoms with Gasteiger partial charge in [-0.2, -0.15) is 5.10 Å². The van der Waals surface area contributed by atoms with E-state index in [1.165, 1.54) is 11.9 Å². The Hall–Kier alpha value is -3.59. The molecule has 2 unspecified atom stereocenters. The average molecular weight is 502 g/mol. The average Bonchev–Trinajstić information content (AvgIpc) is 3.54. The highest BCUT2D eigenvalue weighted by Crippen LogP contribution is 2.32. The zero-order chi connectivity index (χ0) is 25.6. The lowest BCUT2D eigenvalue weighted by atomic mass is 10.1. The summed E-state index contributed by atoms with van der Waals surface area (Å²) in [7, 11) is 0. The van der Waals surface area contributed by atoms with Crippen molar-refractivity contribution >= 4 is 17.5 Å². The lowest BCUT2D eigenvalue weighted by Crippen LogP contribution is -2.45. The van der Waals surface area contributed by atoms with Crippen molar-refractivity contribution in [2.45, 2.75) is 70.7 Å². The molecule has 5 rings (SSSR count). The summed E-state index contributed by atoms with van der Waals surface area (Å²) in [4.78, 5) is 41.1. The van der Waals surface area contributed by atoms with Crippen LogP contribution in [0.3, 0.4) is 0 Å². The smallest absolute Gasteiger partial charge is 0.223 e. The molecule has 37 heavy (non-hydrogen) atoms. The molecule has 9 nitrogen and oxygen atoms in total. The van der Waals surface area contributed by atoms with Crippen LogP contribution in [-0.4, -0.2) is 66.5 Å². The summed E-state index contributed by atoms with van der Waals surface area (Å²) in [6, 6.07) is 12.7. The van der Waals surface area contributed by atoms with Crippen LogP contribution in [0.5, 0.6) is 0 Å². The lowest BCUT2D eigenvalue weighted by Gasteiger charge is -2.34. The van der Waals surface area contributed by atoms with Gasteiger partial charge in [-0.1, -0.05) is 24.3 Å². The molecule has 1 aromatic carbocycles. The van der Waals surface area contributed by atoms with E-state index in [0.29, 0.717) is 45.1 Å². The van der Waals surface area contributed by atoms with Crippen molar-refractivity contribution in [1.82, 2.24) is 29.5 Å². The summed E-state index contributed by atoms with van der Waals surface area (Å²) in [5.74, 6) is 0.166. The maximum Gasteiger partial charge on any atom is 0.223 e. The van der Waals surface area contributed by atoms with Crippen molar-refractivity contribution in [3.05, 3.63) is 72.6 Å². The van der Waals surface area contributed by atoms with Crippen molar-refractivity contribution in [1.29, 1.82) is 0 Å². The summed E-state index contributed by atoms with van der Waals surface area (Å²) >= 11 is 0. The fourth-order valence-corrected chi connectivity index (χ4v) is 5.73. The number of para-hydroxylation sites is 1. The maximum atomic E-state index is 13.6. The predicted molar refractivity (Wildman–Crippen MR) is 140 cm³/mol. The Morgan fingerprint density at radius 2 is 1.89 bits per heavy atom. The minimum Gasteiger partial charge on any atom is -0.337 e. The van der Waals surface area contributed by atoms with Gasteiger partial charge in [0.05, 0.1) is 0 Å². The quantitative estimate of drug-likeness (QED) is 0.515. The third-order valence-corrected chi connectivity index (χ3v) is 7.60. The molecule has 0 radical (unpaired) electrons. The van der Waals surface area contributed by atoms with Crippen LogP contribution >= 0.6 is 0 Å². The summed E-state index contributed by atoms with van der Waals surface area (Å²) in [6.07, 6.45) is 11.1. The molecule has 2 aliphatic heterocycles. The Morgan fingerprint density at radius 1 is 1.03 bits per heavy atom. The van der Waals surface area contributed by atoms with Gasteiger partial charge < -0.3 is 9.80 Å². The van der Waals surface area contributed by atoms with Crippen LogP contribution in [0.25, 0.3) is 0 Å². The first-order valence-electron chi connectivity index (χ1n) is 13.2. The topological polar surface area (TPSA) is 87.5 Å². The van der Waals surface area contributed by atoms with Gasteiger partial charge in [0.25, 0.3) is 0 Å². The number of hydrogen-bond acceptors (Lipinski definition) is 6. The van der Waals surface area contributed by atoms with Crippen LogP contribution in [0, 0.1) is 0 Å². The molecule has 2 atom stereocenters. The largest absolute Gasteiger partial charge is 0.337 e. The van der Waals surface area contributed by atoms with Crippen molar-refractivity contribution in [3.8, 4) is 0 Å². The van der Waals surface area contributed by atoms with Gasteiger partial charge in [-0.15, -0.1) is 0 Å². The molecule has 0 aliphatic carbocycles. The highest BCUT2D eigenvalue weighted by molar-refractivity contribution is 5.92. The number of rotatable bonds is 6. The van der Waals surface area contributed by atoms with E-state index in [-0.39, 0.29) is 17.9 Å². The van der Waals surface area contributed by atoms with Gasteiger partial charge in [-0.05, 0) is 48.9 Å². The van der Waals surface area contributed by atoms with Crippen molar-refractivity contribution < 1.29 is 9.59 Å². The number of benzene rings is 1. The SMILES string of the molecule is CC(=O)N1CCC2CCC(CN(C(=O)CCCn3cncn3)Cc3ccccc31)N2Cc1cccnc1. The molecule has 1 fully saturated rings. The number of hydrogen-bond donors (Lipinski definition) is 0. The highest BCUT2D eigenvalue weighted by atomic mass is 16.2. The number of carbonyl (C=O) groups is 2. The Bertz CT molecular complexity index is 1180. The zero-order valence-electron chi connectivity index (χ0n) is 21.4. The van der Waals surface area contributed by atoms with Gasteiger partial charge in [0.1, 0.15) is 12.7 Å². The molecule has 0 N–H and O–H groups in total. The molecule has 194 valence electrons. The Labute approximate surface area is 218 Å². The monoisotopic (exact) mass is 501 g/mol. The number of pyridine rings is 1. The first-order valence-corrected chi connectivity index (χ1v) is 13.2. The molecule has 1 saturated heterocycles. The van der Waals surface area contributed by atoms with Gasteiger partial charge >= 0.3 is 0 Å². The molecular weight excluding hydrogens is 466 g/mol. The second kappa shape index (κ2) is 11.6. The number of fused-ring (bicyclic) bond motifs is 3. The molecule has 0 saturated carbocycles. The third-order valence-electron chi connectivity index (χ3n) is 7.60. The van der Waals surface area contributed by atoms with Crippen LogP contribution in [0.1, 0.15) is 50.2 Å². The Kier molecular flexibility index (Phi) is 7.89. The van der Waals surface area contributed by atoms with E-state index < -0.39 is 0 Å². The summed E-state index contributed by atoms with van der Waals surface area (Å²) in [5.41, 5.74) is 3.09. The molecule has 2 aliphatic rings. The standard InChI is InChI=1S/C28H35N7O2/c1-22(36)34-15-12-25-10-11-26(35(25)17-23-6-4-13-29-16-23)19-32(18-24-7-2-3-8-27(24)34)28(37)9-5-14-33-21-30-20-31-33/h2-4,6-8,13,16,20-21,25-26H,5,9-12,14-15,17-19H2,1H3. The normalized spacial score (nSPS) is 20.4. The van der Waals surface area contributed by atoms with E-state index in [9.17, 15) is 9.59 Å². The third kappa shape index (κ3) is 6.05. The van der Waals surface area contributed by atoms with Crippen molar-refractivity contribution in [2.75, 3.05) is 18.0 Å². The maximum absolute atomic E-state index is 13.6. The van der Waals surface area contributed by atoms with Crippen molar-refractivity contribution in [3.63, 3.8) is 0 Å². The predicted octanol–water partition coefficient (Wildman–Crippen LogP) is 3.27. The second-order valence-electron chi connectivity index (χ2n) is 10.0. The van der Waals surface area contributed by atoms with E-state index in [4.69, 9.17) is 0 Å². The van der Waals surface area contributed by atoms with Crippen LogP contribution in [-0.2, 0) is 29.2 Å². The lowest BCUT2D eigenvalue weighted by molar-refractivity contribution is -0.132. The number of aromatic nitrogens is 4. The molecular formula is C28H35N7O2. The zero-order valence-corrected chi connectivity index (χ0v) is 21.4. The second-order valence-corrected chi connectivity index (χ2v) is 10.0. The van der Waals surface area contributed by atoms with Crippen LogP contribution in [0.15, 0.2) is 61.4 Å². The fraction of sp³-hybridized carbons (Fsp3) is 0.464. The minimum absolute atomic E-state index is 0.0331. The Balaban J connectivity index is 1.42. The molecule has 2 aromatic heterocycles. The molecule has 4 heterocycles. The molecule has 9 heteroatoms. The first-order chi connectivity index (χ1) is 18.1. The number of anilines is 1. The highest BCUT2D eigenvalue weighted by Gasteiger charge is 2.36. The van der Waals surface area contributed by atoms with Crippen molar-refractivity contribution in [2.24, 2.45) is 0 Å². The molecule has 2 bridgehead atoms. The van der Waals surface area contributed by atoms with Crippen LogP contribution in [0.4, 0.5) is 5.69 Å². The Morgan fingerprint density at radius 3 is 2.68 bits per heavy atom. The number of aryl methyl sites for hydroxylation is 1. The van der Waals surface area contributed by atoms with Gasteiger partial charge in [0, 0.05) is 76.2 Å². The van der Waals surface area contributed by atoms with E-state index in [0.717, 1.165) is 37.1 Å². The summed E-state index contributed by atoms with van der Waals surface area (Å²) in [5, 5.41) is 4.15. The van der Waals surface area contributed by atoms with E-state index in [2.05, 4.69) is 26.0 Å². The number of carbonyl (C=O) groups excluding carboxylic acids is 2. The molecule has 2 amide bonds. The van der Waals surface area contributed by atoms with E-state index >= 15 is 0 Å². The molecule has 0 spiro atoms. The summed E-state index contributed by atoms with van der Waals surface area (Å²) < 4.78 is 1.76. The van der Waals surface area contributed by atoms with E-state index in [1.807, 2.05) is 46.3 Å². The molecule has 3 aromatic rings. The minimum atomic E-state index is 0.0331. The van der Waals surface area contributed by atoms with Gasteiger partial charge in [0.2, 0.25) is 11.8 Å². The van der Waals surface area contributed by atoms with Gasteiger partial charge in [-0.3, -0.25) is 24.2 Å². The first kappa shape index (κ1) is 25.1. The van der Waals surface area contributed by atoms with Crippen LogP contribution < -0.4 is 4.90 Å². The van der Waals surface area contributed by atoms with Gasteiger partial charge in [0.15, 0.2) is 0 Å². The van der Waals surface area contributed by atoms with Gasteiger partial charge in [-0.25, -0.2) is 4.98 Å². The summed E-state index contributed by atoms with van der Waals surface area (Å²) in [6.45, 7) is 4.92.